The molecule has 14 heavy (non-hydrogen) atoms. The van der Waals surface area contributed by atoms with E-state index < -0.39 is 0 Å². The van der Waals surface area contributed by atoms with Gasteiger partial charge in [-0.2, -0.15) is 0 Å². The molecule has 2 nitrogen and oxygen atoms in total. The first-order valence-electron chi connectivity index (χ1n) is 4.34. The number of hydrogen-bond acceptors (Lipinski definition) is 2. The molecule has 0 spiro atoms. The molecule has 1 aromatic carbocycles. The molecule has 0 N–H and O–H groups in total. The molecule has 1 heterocycles. The minimum absolute atomic E-state index is 0.0469. The van der Waals surface area contributed by atoms with Crippen molar-refractivity contribution >= 4 is 17.4 Å². The molecule has 0 aliphatic carbocycles. The average molecular weight is 209 g/mol. The van der Waals surface area contributed by atoms with Crippen LogP contribution in [0.25, 0.3) is 0 Å². The lowest BCUT2D eigenvalue weighted by molar-refractivity contribution is 0.0971. The first-order chi connectivity index (χ1) is 6.74. The van der Waals surface area contributed by atoms with Crippen LogP contribution in [0.3, 0.4) is 0 Å². The van der Waals surface area contributed by atoms with Crippen LogP contribution in [0.5, 0.6) is 5.75 Å². The molecule has 72 valence electrons. The van der Waals surface area contributed by atoms with Gasteiger partial charge in [-0.15, -0.1) is 0 Å². The normalized spacial score (nSPS) is 23.1. The zero-order chi connectivity index (χ0) is 10.1. The standard InChI is InChI=1S/C11H9ClO2/c1-7-9(6-12)11(13)8-4-2-3-5-10(8)14-7/h2-7H,1H3/b9-6-. The first-order valence-corrected chi connectivity index (χ1v) is 4.78. The van der Waals surface area contributed by atoms with Gasteiger partial charge in [-0.3, -0.25) is 4.79 Å². The van der Waals surface area contributed by atoms with E-state index >= 15 is 0 Å². The van der Waals surface area contributed by atoms with E-state index in [0.717, 1.165) is 0 Å². The van der Waals surface area contributed by atoms with Crippen molar-refractivity contribution in [1.82, 2.24) is 0 Å². The number of benzene rings is 1. The van der Waals surface area contributed by atoms with Gasteiger partial charge in [0.25, 0.3) is 0 Å². The Kier molecular flexibility index (Phi) is 2.30. The fraction of sp³-hybridized carbons (Fsp3) is 0.182. The number of carbonyl (C=O) groups excluding carboxylic acids is 1. The van der Waals surface area contributed by atoms with E-state index in [-0.39, 0.29) is 11.9 Å². The molecule has 0 fully saturated rings. The Morgan fingerprint density at radius 3 is 2.86 bits per heavy atom. The summed E-state index contributed by atoms with van der Waals surface area (Å²) in [7, 11) is 0. The molecule has 0 saturated heterocycles. The number of para-hydroxylation sites is 1. The summed E-state index contributed by atoms with van der Waals surface area (Å²) in [6, 6.07) is 7.18. The van der Waals surface area contributed by atoms with Crippen molar-refractivity contribution in [3.63, 3.8) is 0 Å². The van der Waals surface area contributed by atoms with Crippen LogP contribution < -0.4 is 4.74 Å². The molecule has 0 aromatic heterocycles. The van der Waals surface area contributed by atoms with Gasteiger partial charge < -0.3 is 4.74 Å². The number of carbonyl (C=O) groups is 1. The third kappa shape index (κ3) is 1.32. The quantitative estimate of drug-likeness (QED) is 0.613. The molecule has 1 aliphatic heterocycles. The summed E-state index contributed by atoms with van der Waals surface area (Å²) in [6.45, 7) is 1.81. The first kappa shape index (κ1) is 9.28. The second kappa shape index (κ2) is 3.46. The van der Waals surface area contributed by atoms with Gasteiger partial charge in [0.15, 0.2) is 5.78 Å². The number of hydrogen-bond donors (Lipinski definition) is 0. The van der Waals surface area contributed by atoms with Crippen LogP contribution in [-0.2, 0) is 0 Å². The van der Waals surface area contributed by atoms with Crippen LogP contribution in [0.1, 0.15) is 17.3 Å². The molecular formula is C11H9ClO2. The van der Waals surface area contributed by atoms with E-state index in [1.807, 2.05) is 19.1 Å². The smallest absolute Gasteiger partial charge is 0.197 e. The summed E-state index contributed by atoms with van der Waals surface area (Å²) in [5.74, 6) is 0.585. The summed E-state index contributed by atoms with van der Waals surface area (Å²) in [4.78, 5) is 11.8. The number of ether oxygens (including phenoxy) is 1. The van der Waals surface area contributed by atoms with Crippen molar-refractivity contribution in [2.24, 2.45) is 0 Å². The molecule has 1 aliphatic rings. The largest absolute Gasteiger partial charge is 0.485 e. The van der Waals surface area contributed by atoms with Crippen molar-refractivity contribution in [2.45, 2.75) is 13.0 Å². The van der Waals surface area contributed by atoms with E-state index in [2.05, 4.69) is 0 Å². The van der Waals surface area contributed by atoms with Gasteiger partial charge in [0.2, 0.25) is 0 Å². The Balaban J connectivity index is 2.54. The third-order valence-electron chi connectivity index (χ3n) is 2.25. The van der Waals surface area contributed by atoms with Gasteiger partial charge in [0.05, 0.1) is 11.1 Å². The van der Waals surface area contributed by atoms with Crippen molar-refractivity contribution < 1.29 is 9.53 Å². The maximum Gasteiger partial charge on any atom is 0.197 e. The van der Waals surface area contributed by atoms with Gasteiger partial charge in [-0.25, -0.2) is 0 Å². The monoisotopic (exact) mass is 208 g/mol. The lowest BCUT2D eigenvalue weighted by Crippen LogP contribution is -2.27. The van der Waals surface area contributed by atoms with Gasteiger partial charge >= 0.3 is 0 Å². The SMILES string of the molecule is CC1Oc2ccccc2C(=O)/C1=C\Cl. The number of fused-ring (bicyclic) bond motifs is 1. The summed E-state index contributed by atoms with van der Waals surface area (Å²) < 4.78 is 5.53. The highest BCUT2D eigenvalue weighted by Gasteiger charge is 2.28. The Morgan fingerprint density at radius 1 is 1.43 bits per heavy atom. The lowest BCUT2D eigenvalue weighted by Gasteiger charge is -2.24. The second-order valence-electron chi connectivity index (χ2n) is 3.15. The molecule has 2 rings (SSSR count). The molecule has 0 radical (unpaired) electrons. The van der Waals surface area contributed by atoms with Crippen molar-refractivity contribution in [3.8, 4) is 5.75 Å². The van der Waals surface area contributed by atoms with E-state index in [0.29, 0.717) is 16.9 Å². The van der Waals surface area contributed by atoms with Crippen molar-refractivity contribution in [1.29, 1.82) is 0 Å². The predicted octanol–water partition coefficient (Wildman–Crippen LogP) is 2.77. The van der Waals surface area contributed by atoms with Crippen LogP contribution in [0.2, 0.25) is 0 Å². The zero-order valence-electron chi connectivity index (χ0n) is 7.66. The van der Waals surface area contributed by atoms with Gasteiger partial charge in [0.1, 0.15) is 11.9 Å². The average Bonchev–Trinajstić information content (AvgIpc) is 2.18. The van der Waals surface area contributed by atoms with Crippen LogP contribution in [0.4, 0.5) is 0 Å². The maximum atomic E-state index is 11.8. The minimum Gasteiger partial charge on any atom is -0.485 e. The fourth-order valence-electron chi connectivity index (χ4n) is 1.49. The second-order valence-corrected chi connectivity index (χ2v) is 3.37. The Labute approximate surface area is 87.1 Å². The van der Waals surface area contributed by atoms with E-state index in [9.17, 15) is 4.79 Å². The third-order valence-corrected chi connectivity index (χ3v) is 2.49. The Hall–Kier alpha value is -1.28. The number of halogens is 1. The molecule has 0 amide bonds. The van der Waals surface area contributed by atoms with Crippen LogP contribution in [0.15, 0.2) is 35.4 Å². The van der Waals surface area contributed by atoms with Crippen molar-refractivity contribution in [3.05, 3.63) is 40.9 Å². The number of Topliss-reactive ketones (excluding diaryl/α,β-unsaturated/α-hetero) is 1. The highest BCUT2D eigenvalue weighted by Crippen LogP contribution is 2.30. The highest BCUT2D eigenvalue weighted by molar-refractivity contribution is 6.29. The summed E-state index contributed by atoms with van der Waals surface area (Å²) in [5, 5.41) is 0. The summed E-state index contributed by atoms with van der Waals surface area (Å²) in [6.07, 6.45) is -0.269. The molecule has 0 bridgehead atoms. The van der Waals surface area contributed by atoms with Gasteiger partial charge in [-0.05, 0) is 19.1 Å². The van der Waals surface area contributed by atoms with Crippen LogP contribution >= 0.6 is 11.6 Å². The molecule has 1 atom stereocenters. The summed E-state index contributed by atoms with van der Waals surface area (Å²) in [5.41, 5.74) is 2.38. The molecular weight excluding hydrogens is 200 g/mol. The lowest BCUT2D eigenvalue weighted by atomic mass is 9.97. The molecule has 1 aromatic rings. The van der Waals surface area contributed by atoms with E-state index in [4.69, 9.17) is 16.3 Å². The minimum atomic E-state index is -0.269. The summed E-state index contributed by atoms with van der Waals surface area (Å²) >= 11 is 5.57. The van der Waals surface area contributed by atoms with Crippen LogP contribution in [0, 0.1) is 0 Å². The van der Waals surface area contributed by atoms with Crippen LogP contribution in [-0.4, -0.2) is 11.9 Å². The molecule has 3 heteroatoms. The molecule has 1 unspecified atom stereocenters. The van der Waals surface area contributed by atoms with Crippen molar-refractivity contribution in [2.75, 3.05) is 0 Å². The maximum absolute atomic E-state index is 11.8. The topological polar surface area (TPSA) is 26.3 Å². The fourth-order valence-corrected chi connectivity index (χ4v) is 1.77. The van der Waals surface area contributed by atoms with E-state index in [1.54, 1.807) is 12.1 Å². The zero-order valence-corrected chi connectivity index (χ0v) is 8.41. The number of rotatable bonds is 0. The number of ketones is 1. The Morgan fingerprint density at radius 2 is 2.14 bits per heavy atom. The van der Waals surface area contributed by atoms with Gasteiger partial charge in [-0.1, -0.05) is 23.7 Å². The van der Waals surface area contributed by atoms with Gasteiger partial charge in [0, 0.05) is 5.54 Å². The molecule has 0 saturated carbocycles. The Bertz CT molecular complexity index is 410. The highest BCUT2D eigenvalue weighted by atomic mass is 35.5. The van der Waals surface area contributed by atoms with E-state index in [1.165, 1.54) is 5.54 Å². The predicted molar refractivity (Wildman–Crippen MR) is 54.8 cm³/mol.